The van der Waals surface area contributed by atoms with Gasteiger partial charge in [0.15, 0.2) is 5.69 Å². The summed E-state index contributed by atoms with van der Waals surface area (Å²) in [5.74, 6) is 0.403. The number of hydrogen-bond acceptors (Lipinski definition) is 4. The van der Waals surface area contributed by atoms with Crippen LogP contribution in [0.5, 0.6) is 0 Å². The molecule has 0 aliphatic rings. The average molecular weight is 362 g/mol. The van der Waals surface area contributed by atoms with Crippen LogP contribution in [-0.2, 0) is 10.5 Å². The molecule has 130 valence electrons. The van der Waals surface area contributed by atoms with Gasteiger partial charge in [0, 0.05) is 17.3 Å². The highest BCUT2D eigenvalue weighted by atomic mass is 32.2. The molecule has 0 aliphatic heterocycles. The van der Waals surface area contributed by atoms with E-state index in [9.17, 15) is 4.79 Å². The van der Waals surface area contributed by atoms with Gasteiger partial charge in [0.1, 0.15) is 10.7 Å². The number of ether oxygens (including phenoxy) is 1. The van der Waals surface area contributed by atoms with Gasteiger partial charge in [-0.05, 0) is 23.9 Å². The van der Waals surface area contributed by atoms with Gasteiger partial charge in [-0.1, -0.05) is 66.4 Å². The molecule has 4 nitrogen and oxygen atoms in total. The summed E-state index contributed by atoms with van der Waals surface area (Å²) in [6.45, 7) is 2.15. The Bertz CT molecular complexity index is 1070. The molecule has 0 amide bonds. The van der Waals surface area contributed by atoms with Gasteiger partial charge in [0.05, 0.1) is 6.61 Å². The molecule has 26 heavy (non-hydrogen) atoms. The number of pyridine rings is 1. The van der Waals surface area contributed by atoms with Crippen molar-refractivity contribution in [2.45, 2.75) is 17.7 Å². The molecule has 0 spiro atoms. The minimum absolute atomic E-state index is 0.336. The van der Waals surface area contributed by atoms with E-state index in [1.807, 2.05) is 66.1 Å². The summed E-state index contributed by atoms with van der Waals surface area (Å²) < 4.78 is 7.13. The van der Waals surface area contributed by atoms with Crippen LogP contribution in [0.1, 0.15) is 23.0 Å². The summed E-state index contributed by atoms with van der Waals surface area (Å²) in [5, 5.41) is 2.82. The molecule has 0 N–H and O–H groups in total. The Morgan fingerprint density at radius 2 is 1.85 bits per heavy atom. The second-order valence-electron chi connectivity index (χ2n) is 5.86. The fraction of sp³-hybridized carbons (Fsp3) is 0.143. The fourth-order valence-electron chi connectivity index (χ4n) is 2.96. The van der Waals surface area contributed by atoms with Gasteiger partial charge >= 0.3 is 5.97 Å². The monoisotopic (exact) mass is 362 g/mol. The third-order valence-corrected chi connectivity index (χ3v) is 5.21. The number of imidazole rings is 1. The molecule has 4 rings (SSSR count). The summed E-state index contributed by atoms with van der Waals surface area (Å²) in [7, 11) is 0. The van der Waals surface area contributed by atoms with Crippen LogP contribution in [0.25, 0.3) is 16.4 Å². The lowest BCUT2D eigenvalue weighted by Crippen LogP contribution is -2.09. The quantitative estimate of drug-likeness (QED) is 0.372. The van der Waals surface area contributed by atoms with E-state index in [0.29, 0.717) is 17.3 Å². The van der Waals surface area contributed by atoms with Crippen LogP contribution in [0.3, 0.4) is 0 Å². The van der Waals surface area contributed by atoms with Crippen LogP contribution in [0.2, 0.25) is 0 Å². The first-order valence-electron chi connectivity index (χ1n) is 8.51. The maximum atomic E-state index is 12.6. The molecule has 0 aliphatic carbocycles. The molecule has 0 radical (unpaired) electrons. The van der Waals surface area contributed by atoms with E-state index in [1.54, 1.807) is 11.8 Å². The van der Waals surface area contributed by atoms with Crippen molar-refractivity contribution >= 4 is 34.2 Å². The maximum absolute atomic E-state index is 12.6. The van der Waals surface area contributed by atoms with E-state index < -0.39 is 0 Å². The minimum Gasteiger partial charge on any atom is -0.461 e. The van der Waals surface area contributed by atoms with Crippen LogP contribution < -0.4 is 0 Å². The smallest absolute Gasteiger partial charge is 0.358 e. The van der Waals surface area contributed by atoms with Crippen molar-refractivity contribution in [1.82, 2.24) is 9.38 Å². The molecule has 0 saturated heterocycles. The average Bonchev–Trinajstić information content (AvgIpc) is 3.06. The largest absolute Gasteiger partial charge is 0.461 e. The van der Waals surface area contributed by atoms with Gasteiger partial charge < -0.3 is 4.74 Å². The molecule has 0 bridgehead atoms. The third-order valence-electron chi connectivity index (χ3n) is 4.17. The zero-order valence-electron chi connectivity index (χ0n) is 14.4. The summed E-state index contributed by atoms with van der Waals surface area (Å²) in [5.41, 5.74) is 2.46. The number of aromatic nitrogens is 2. The highest BCUT2D eigenvalue weighted by Gasteiger charge is 2.22. The first kappa shape index (κ1) is 16.7. The molecule has 5 heteroatoms. The topological polar surface area (TPSA) is 43.6 Å². The van der Waals surface area contributed by atoms with Gasteiger partial charge in [-0.15, -0.1) is 0 Å². The van der Waals surface area contributed by atoms with Gasteiger partial charge in [-0.2, -0.15) is 0 Å². The predicted molar refractivity (Wildman–Crippen MR) is 105 cm³/mol. The lowest BCUT2D eigenvalue weighted by Gasteiger charge is -2.05. The van der Waals surface area contributed by atoms with E-state index >= 15 is 0 Å². The fourth-order valence-corrected chi connectivity index (χ4v) is 3.92. The van der Waals surface area contributed by atoms with Crippen molar-refractivity contribution in [3.63, 3.8) is 0 Å². The number of hydrogen-bond donors (Lipinski definition) is 0. The van der Waals surface area contributed by atoms with Gasteiger partial charge in [0.2, 0.25) is 0 Å². The first-order valence-corrected chi connectivity index (χ1v) is 9.50. The van der Waals surface area contributed by atoms with Crippen molar-refractivity contribution in [3.05, 3.63) is 78.1 Å². The number of rotatable bonds is 5. The van der Waals surface area contributed by atoms with Crippen LogP contribution in [0.4, 0.5) is 0 Å². The van der Waals surface area contributed by atoms with Crippen LogP contribution in [-0.4, -0.2) is 22.0 Å². The van der Waals surface area contributed by atoms with Crippen molar-refractivity contribution in [2.24, 2.45) is 0 Å². The second-order valence-corrected chi connectivity index (χ2v) is 6.82. The van der Waals surface area contributed by atoms with Gasteiger partial charge in [0.25, 0.3) is 0 Å². The Balaban J connectivity index is 1.82. The summed E-state index contributed by atoms with van der Waals surface area (Å²) >= 11 is 1.56. The highest BCUT2D eigenvalue weighted by Crippen LogP contribution is 2.30. The van der Waals surface area contributed by atoms with Crippen LogP contribution in [0, 0.1) is 0 Å². The van der Waals surface area contributed by atoms with Gasteiger partial charge in [-0.3, -0.25) is 4.40 Å². The number of carbonyl (C=O) groups is 1. The Labute approximate surface area is 155 Å². The lowest BCUT2D eigenvalue weighted by molar-refractivity contribution is 0.0513. The lowest BCUT2D eigenvalue weighted by atomic mass is 10.2. The Hall–Kier alpha value is -2.79. The number of carbonyl (C=O) groups excluding carboxylic acids is 1. The van der Waals surface area contributed by atoms with E-state index in [1.165, 1.54) is 5.56 Å². The highest BCUT2D eigenvalue weighted by molar-refractivity contribution is 7.98. The molecule has 0 atom stereocenters. The number of esters is 1. The minimum atomic E-state index is -0.342. The number of nitrogens with zero attached hydrogens (tertiary/aromatic N) is 2. The van der Waals surface area contributed by atoms with Crippen molar-refractivity contribution in [3.8, 4) is 0 Å². The zero-order valence-corrected chi connectivity index (χ0v) is 15.2. The molecule has 2 heterocycles. The van der Waals surface area contributed by atoms with E-state index in [0.717, 1.165) is 22.2 Å². The number of benzene rings is 2. The van der Waals surface area contributed by atoms with E-state index in [4.69, 9.17) is 9.72 Å². The summed E-state index contributed by atoms with van der Waals surface area (Å²) in [6, 6.07) is 20.2. The molecular formula is C21H18N2O2S. The molecule has 2 aromatic heterocycles. The van der Waals surface area contributed by atoms with Crippen molar-refractivity contribution in [2.75, 3.05) is 6.61 Å². The summed E-state index contributed by atoms with van der Waals surface area (Å²) in [6.07, 6.45) is 1.89. The van der Waals surface area contributed by atoms with E-state index in [-0.39, 0.29) is 5.97 Å². The zero-order chi connectivity index (χ0) is 17.9. The number of thioether (sulfide) groups is 1. The van der Waals surface area contributed by atoms with Crippen molar-refractivity contribution in [1.29, 1.82) is 0 Å². The second kappa shape index (κ2) is 7.22. The van der Waals surface area contributed by atoms with Gasteiger partial charge in [-0.25, -0.2) is 9.78 Å². The standard InChI is InChI=1S/C21H18N2O2S/c1-2-25-21(24)18-20(26-14-15-8-4-3-5-9-15)22-19-17-11-7-6-10-16(17)12-13-23(18)19/h3-13H,2,14H2,1H3. The Morgan fingerprint density at radius 1 is 1.08 bits per heavy atom. The first-order chi connectivity index (χ1) is 12.8. The Kier molecular flexibility index (Phi) is 4.63. The molecule has 2 aromatic carbocycles. The summed E-state index contributed by atoms with van der Waals surface area (Å²) in [4.78, 5) is 17.4. The number of fused-ring (bicyclic) bond motifs is 3. The molecule has 0 unspecified atom stereocenters. The van der Waals surface area contributed by atoms with Crippen molar-refractivity contribution < 1.29 is 9.53 Å². The van der Waals surface area contributed by atoms with Crippen LogP contribution in [0.15, 0.2) is 71.9 Å². The maximum Gasteiger partial charge on any atom is 0.358 e. The molecule has 0 saturated carbocycles. The van der Waals surface area contributed by atoms with E-state index in [2.05, 4.69) is 12.1 Å². The predicted octanol–water partition coefficient (Wildman–Crippen LogP) is 4.96. The Morgan fingerprint density at radius 3 is 2.65 bits per heavy atom. The molecule has 4 aromatic rings. The normalized spacial score (nSPS) is 11.1. The molecule has 0 fully saturated rings. The SMILES string of the molecule is CCOC(=O)c1c(SCc2ccccc2)nc2c3ccccc3ccn12. The third kappa shape index (κ3) is 3.06. The van der Waals surface area contributed by atoms with Crippen LogP contribution >= 0.6 is 11.8 Å². The molecular weight excluding hydrogens is 344 g/mol.